The predicted octanol–water partition coefficient (Wildman–Crippen LogP) is 3.42. The highest BCUT2D eigenvalue weighted by Gasteiger charge is 2.31. The van der Waals surface area contributed by atoms with Crippen molar-refractivity contribution in [2.45, 2.75) is 26.9 Å². The van der Waals surface area contributed by atoms with Crippen LogP contribution in [0, 0.1) is 6.92 Å². The van der Waals surface area contributed by atoms with Gasteiger partial charge in [0, 0.05) is 24.7 Å². The number of nitrogens with one attached hydrogen (secondary N) is 1. The van der Waals surface area contributed by atoms with Crippen molar-refractivity contribution < 1.29 is 27.3 Å². The summed E-state index contributed by atoms with van der Waals surface area (Å²) in [7, 11) is 0. The van der Waals surface area contributed by atoms with Crippen molar-refractivity contribution in [3.8, 4) is 0 Å². The molecule has 7 nitrogen and oxygen atoms in total. The van der Waals surface area contributed by atoms with E-state index in [0.717, 1.165) is 25.2 Å². The molecule has 0 aliphatic rings. The zero-order valence-corrected chi connectivity index (χ0v) is 17.1. The van der Waals surface area contributed by atoms with Gasteiger partial charge in [-0.1, -0.05) is 25.1 Å². The van der Waals surface area contributed by atoms with E-state index in [4.69, 9.17) is 4.52 Å². The number of carbonyl (C=O) groups is 2. The minimum absolute atomic E-state index is 0.130. The minimum atomic E-state index is -4.56. The summed E-state index contributed by atoms with van der Waals surface area (Å²) in [6.07, 6.45) is -4.56. The van der Waals surface area contributed by atoms with Gasteiger partial charge in [-0.3, -0.25) is 9.59 Å². The summed E-state index contributed by atoms with van der Waals surface area (Å²) < 4.78 is 43.9. The number of hydrogen-bond acceptors (Lipinski definition) is 5. The zero-order chi connectivity index (χ0) is 22.3. The Morgan fingerprint density at radius 2 is 1.83 bits per heavy atom. The van der Waals surface area contributed by atoms with E-state index >= 15 is 0 Å². The van der Waals surface area contributed by atoms with Crippen molar-refractivity contribution in [2.75, 3.05) is 38.0 Å². The van der Waals surface area contributed by atoms with Gasteiger partial charge in [-0.05, 0) is 38.2 Å². The van der Waals surface area contributed by atoms with Crippen LogP contribution in [0.5, 0.6) is 0 Å². The molecule has 1 N–H and O–H groups in total. The van der Waals surface area contributed by atoms with Crippen LogP contribution in [0.15, 0.2) is 34.9 Å². The Labute approximate surface area is 172 Å². The van der Waals surface area contributed by atoms with Crippen molar-refractivity contribution in [1.82, 2.24) is 15.0 Å². The first-order chi connectivity index (χ1) is 14.1. The zero-order valence-electron chi connectivity index (χ0n) is 17.1. The van der Waals surface area contributed by atoms with E-state index in [2.05, 4.69) is 10.5 Å². The summed E-state index contributed by atoms with van der Waals surface area (Å²) in [4.78, 5) is 28.6. The van der Waals surface area contributed by atoms with Gasteiger partial charge in [0.15, 0.2) is 5.82 Å². The minimum Gasteiger partial charge on any atom is -0.360 e. The summed E-state index contributed by atoms with van der Waals surface area (Å²) in [6, 6.07) is 5.70. The lowest BCUT2D eigenvalue weighted by atomic mass is 10.1. The molecule has 0 aliphatic heterocycles. The molecule has 0 fully saturated rings. The Hall–Kier alpha value is -2.88. The number of benzene rings is 1. The summed E-state index contributed by atoms with van der Waals surface area (Å²) in [5.74, 6) is -0.473. The average molecular weight is 426 g/mol. The Kier molecular flexibility index (Phi) is 7.99. The second-order valence-electron chi connectivity index (χ2n) is 6.70. The third-order valence-electron chi connectivity index (χ3n) is 4.53. The summed E-state index contributed by atoms with van der Waals surface area (Å²) >= 11 is 0. The van der Waals surface area contributed by atoms with Crippen LogP contribution in [0.2, 0.25) is 0 Å². The highest BCUT2D eigenvalue weighted by molar-refractivity contribution is 5.99. The first-order valence-electron chi connectivity index (χ1n) is 9.56. The van der Waals surface area contributed by atoms with Gasteiger partial charge >= 0.3 is 6.18 Å². The lowest BCUT2D eigenvalue weighted by Crippen LogP contribution is -2.42. The molecule has 2 amide bonds. The standard InChI is InChI=1S/C20H25F3N4O3/c1-4-26(5-2)9-10-27(13-18(28)24-17-11-14(3)30-25-17)19(29)15-7-6-8-16(12-15)20(21,22)23/h6-8,11-12H,4-5,9-10,13H2,1-3H3,(H,24,25,28). The number of likely N-dealkylation sites (N-methyl/N-ethyl adjacent to an activating group) is 1. The number of halogens is 3. The Morgan fingerprint density at radius 3 is 2.40 bits per heavy atom. The Bertz CT molecular complexity index is 863. The molecule has 0 radical (unpaired) electrons. The van der Waals surface area contributed by atoms with Crippen molar-refractivity contribution in [3.63, 3.8) is 0 Å². The molecule has 0 bridgehead atoms. The van der Waals surface area contributed by atoms with E-state index in [9.17, 15) is 22.8 Å². The smallest absolute Gasteiger partial charge is 0.360 e. The Balaban J connectivity index is 2.19. The van der Waals surface area contributed by atoms with Gasteiger partial charge in [0.2, 0.25) is 5.91 Å². The van der Waals surface area contributed by atoms with E-state index in [0.29, 0.717) is 12.3 Å². The van der Waals surface area contributed by atoms with Crippen LogP contribution in [0.25, 0.3) is 0 Å². The first kappa shape index (κ1) is 23.4. The number of hydrogen-bond donors (Lipinski definition) is 1. The number of carbonyl (C=O) groups excluding carboxylic acids is 2. The maximum Gasteiger partial charge on any atom is 0.416 e. The van der Waals surface area contributed by atoms with Gasteiger partial charge in [-0.25, -0.2) is 0 Å². The quantitative estimate of drug-likeness (QED) is 0.665. The Morgan fingerprint density at radius 1 is 1.13 bits per heavy atom. The summed E-state index contributed by atoms with van der Waals surface area (Å²) in [5.41, 5.74) is -1.05. The monoisotopic (exact) mass is 426 g/mol. The maximum absolute atomic E-state index is 13.0. The van der Waals surface area contributed by atoms with Crippen LogP contribution >= 0.6 is 0 Å². The van der Waals surface area contributed by atoms with Crippen molar-refractivity contribution >= 4 is 17.6 Å². The fourth-order valence-electron chi connectivity index (χ4n) is 2.85. The van der Waals surface area contributed by atoms with E-state index in [1.807, 2.05) is 18.7 Å². The van der Waals surface area contributed by atoms with E-state index in [-0.39, 0.29) is 24.5 Å². The van der Waals surface area contributed by atoms with Crippen molar-refractivity contribution in [1.29, 1.82) is 0 Å². The highest BCUT2D eigenvalue weighted by atomic mass is 19.4. The molecular formula is C20H25F3N4O3. The number of alkyl halides is 3. The number of anilines is 1. The van der Waals surface area contributed by atoms with Gasteiger partial charge < -0.3 is 19.6 Å². The van der Waals surface area contributed by atoms with Crippen LogP contribution in [0.3, 0.4) is 0 Å². The number of aromatic nitrogens is 1. The van der Waals surface area contributed by atoms with Crippen molar-refractivity contribution in [3.05, 3.63) is 47.2 Å². The SMILES string of the molecule is CCN(CC)CCN(CC(=O)Nc1cc(C)on1)C(=O)c1cccc(C(F)(F)F)c1. The largest absolute Gasteiger partial charge is 0.416 e. The van der Waals surface area contributed by atoms with Gasteiger partial charge in [0.1, 0.15) is 12.3 Å². The third kappa shape index (κ3) is 6.58. The molecule has 0 saturated carbocycles. The first-order valence-corrected chi connectivity index (χ1v) is 9.56. The molecule has 1 aromatic carbocycles. The molecule has 0 unspecified atom stereocenters. The number of rotatable bonds is 9. The normalized spacial score (nSPS) is 11.6. The van der Waals surface area contributed by atoms with Crippen LogP contribution in [0.4, 0.5) is 19.0 Å². The van der Waals surface area contributed by atoms with E-state index < -0.39 is 23.6 Å². The van der Waals surface area contributed by atoms with Gasteiger partial charge in [0.05, 0.1) is 5.56 Å². The predicted molar refractivity (Wildman–Crippen MR) is 105 cm³/mol. The maximum atomic E-state index is 13.0. The molecule has 0 atom stereocenters. The lowest BCUT2D eigenvalue weighted by Gasteiger charge is -2.26. The molecule has 0 saturated heterocycles. The summed E-state index contributed by atoms with van der Waals surface area (Å²) in [6.45, 7) is 7.40. The van der Waals surface area contributed by atoms with Crippen LogP contribution in [0.1, 0.15) is 35.5 Å². The van der Waals surface area contributed by atoms with Crippen LogP contribution < -0.4 is 5.32 Å². The highest BCUT2D eigenvalue weighted by Crippen LogP contribution is 2.29. The molecule has 1 aromatic heterocycles. The number of aryl methyl sites for hydroxylation is 1. The van der Waals surface area contributed by atoms with Gasteiger partial charge in [0.25, 0.3) is 5.91 Å². The molecule has 0 spiro atoms. The molecule has 10 heteroatoms. The molecule has 0 aliphatic carbocycles. The molecule has 164 valence electrons. The van der Waals surface area contributed by atoms with E-state index in [1.54, 1.807) is 6.92 Å². The molecule has 30 heavy (non-hydrogen) atoms. The summed E-state index contributed by atoms with van der Waals surface area (Å²) in [5, 5.41) is 6.18. The topological polar surface area (TPSA) is 78.7 Å². The second-order valence-corrected chi connectivity index (χ2v) is 6.70. The molecule has 2 rings (SSSR count). The number of nitrogens with zero attached hydrogens (tertiary/aromatic N) is 3. The fourth-order valence-corrected chi connectivity index (χ4v) is 2.85. The average Bonchev–Trinajstić information content (AvgIpc) is 3.11. The number of amides is 2. The van der Waals surface area contributed by atoms with Crippen molar-refractivity contribution in [2.24, 2.45) is 0 Å². The lowest BCUT2D eigenvalue weighted by molar-refractivity contribution is -0.137. The van der Waals surface area contributed by atoms with Crippen LogP contribution in [-0.2, 0) is 11.0 Å². The van der Waals surface area contributed by atoms with Gasteiger partial charge in [-0.15, -0.1) is 0 Å². The third-order valence-corrected chi connectivity index (χ3v) is 4.53. The van der Waals surface area contributed by atoms with Gasteiger partial charge in [-0.2, -0.15) is 13.2 Å². The second kappa shape index (κ2) is 10.2. The van der Waals surface area contributed by atoms with Crippen LogP contribution in [-0.4, -0.2) is 59.5 Å². The molecular weight excluding hydrogens is 401 g/mol. The molecule has 2 aromatic rings. The fraction of sp³-hybridized carbons (Fsp3) is 0.450. The molecule has 1 heterocycles. The van der Waals surface area contributed by atoms with E-state index in [1.165, 1.54) is 23.1 Å².